The maximum absolute atomic E-state index is 12.1. The summed E-state index contributed by atoms with van der Waals surface area (Å²) < 4.78 is 16.3. The molecule has 0 saturated heterocycles. The second-order valence-electron chi connectivity index (χ2n) is 5.58. The summed E-state index contributed by atoms with van der Waals surface area (Å²) in [4.78, 5) is 12.1. The van der Waals surface area contributed by atoms with Crippen LogP contribution < -0.4 is 19.6 Å². The highest BCUT2D eigenvalue weighted by Gasteiger charge is 2.06. The van der Waals surface area contributed by atoms with E-state index in [4.69, 9.17) is 14.2 Å². The Hall–Kier alpha value is -3.28. The van der Waals surface area contributed by atoms with Crippen LogP contribution in [0.3, 0.4) is 0 Å². The van der Waals surface area contributed by atoms with Crippen molar-refractivity contribution in [1.29, 1.82) is 0 Å². The first-order valence-corrected chi connectivity index (χ1v) is 8.66. The molecule has 27 heavy (non-hydrogen) atoms. The molecule has 6 heteroatoms. The molecule has 0 heterocycles. The molecule has 0 saturated carbocycles. The second-order valence-corrected chi connectivity index (χ2v) is 5.58. The molecule has 0 aliphatic rings. The summed E-state index contributed by atoms with van der Waals surface area (Å²) in [5, 5.41) is 3.99. The van der Waals surface area contributed by atoms with Crippen LogP contribution in [-0.4, -0.2) is 32.4 Å². The number of carbonyl (C=O) groups is 1. The lowest BCUT2D eigenvalue weighted by Gasteiger charge is -2.09. The van der Waals surface area contributed by atoms with E-state index in [0.29, 0.717) is 30.3 Å². The minimum atomic E-state index is -0.300. The van der Waals surface area contributed by atoms with E-state index in [-0.39, 0.29) is 5.91 Å². The minimum absolute atomic E-state index is 0.300. The van der Waals surface area contributed by atoms with Gasteiger partial charge in [-0.15, -0.1) is 0 Å². The van der Waals surface area contributed by atoms with Crippen molar-refractivity contribution >= 4 is 12.1 Å². The fourth-order valence-corrected chi connectivity index (χ4v) is 2.18. The Morgan fingerprint density at radius 1 is 1.15 bits per heavy atom. The van der Waals surface area contributed by atoms with Crippen molar-refractivity contribution in [1.82, 2.24) is 5.43 Å². The smallest absolute Gasteiger partial charge is 0.271 e. The SMILES string of the molecule is C=CCOc1ccc(/C=N\NC(=O)c2ccc(OCCC)cc2)cc1OC. The van der Waals surface area contributed by atoms with Gasteiger partial charge < -0.3 is 14.2 Å². The summed E-state index contributed by atoms with van der Waals surface area (Å²) in [7, 11) is 1.56. The molecule has 0 fully saturated rings. The number of methoxy groups -OCH3 is 1. The van der Waals surface area contributed by atoms with Crippen molar-refractivity contribution in [2.45, 2.75) is 13.3 Å². The van der Waals surface area contributed by atoms with Crippen LogP contribution in [0.4, 0.5) is 0 Å². The summed E-state index contributed by atoms with van der Waals surface area (Å²) in [5.74, 6) is 1.63. The molecule has 1 amide bonds. The monoisotopic (exact) mass is 368 g/mol. The molecule has 0 aliphatic carbocycles. The van der Waals surface area contributed by atoms with Gasteiger partial charge in [0.15, 0.2) is 11.5 Å². The molecule has 0 atom stereocenters. The quantitative estimate of drug-likeness (QED) is 0.393. The zero-order valence-electron chi connectivity index (χ0n) is 15.6. The Balaban J connectivity index is 1.95. The summed E-state index contributed by atoms with van der Waals surface area (Å²) in [6.07, 6.45) is 4.13. The molecule has 1 N–H and O–H groups in total. The lowest BCUT2D eigenvalue weighted by atomic mass is 10.2. The van der Waals surface area contributed by atoms with Gasteiger partial charge in [-0.25, -0.2) is 5.43 Å². The number of rotatable bonds is 10. The van der Waals surface area contributed by atoms with Gasteiger partial charge in [-0.3, -0.25) is 4.79 Å². The second kappa shape index (κ2) is 10.7. The van der Waals surface area contributed by atoms with Crippen molar-refractivity contribution in [2.75, 3.05) is 20.3 Å². The third-order valence-electron chi connectivity index (χ3n) is 3.51. The minimum Gasteiger partial charge on any atom is -0.494 e. The highest BCUT2D eigenvalue weighted by atomic mass is 16.5. The maximum Gasteiger partial charge on any atom is 0.271 e. The number of ether oxygens (including phenoxy) is 3. The third kappa shape index (κ3) is 6.18. The van der Waals surface area contributed by atoms with Crippen molar-refractivity contribution < 1.29 is 19.0 Å². The van der Waals surface area contributed by atoms with Crippen LogP contribution in [0.15, 0.2) is 60.2 Å². The number of hydrogen-bond donors (Lipinski definition) is 1. The number of hydrazone groups is 1. The Morgan fingerprint density at radius 3 is 2.59 bits per heavy atom. The van der Waals surface area contributed by atoms with Crippen molar-refractivity contribution in [3.05, 3.63) is 66.2 Å². The van der Waals surface area contributed by atoms with Crippen LogP contribution in [0.5, 0.6) is 17.2 Å². The zero-order valence-corrected chi connectivity index (χ0v) is 15.6. The summed E-state index contributed by atoms with van der Waals surface area (Å²) >= 11 is 0. The fourth-order valence-electron chi connectivity index (χ4n) is 2.18. The first-order valence-electron chi connectivity index (χ1n) is 8.66. The molecule has 0 spiro atoms. The van der Waals surface area contributed by atoms with Crippen LogP contribution in [0, 0.1) is 0 Å². The Bertz CT molecular complexity index is 785. The molecule has 0 aromatic heterocycles. The number of hydrogen-bond acceptors (Lipinski definition) is 5. The van der Waals surface area contributed by atoms with E-state index >= 15 is 0 Å². The lowest BCUT2D eigenvalue weighted by molar-refractivity contribution is 0.0955. The zero-order chi connectivity index (χ0) is 19.5. The number of nitrogens with one attached hydrogen (secondary N) is 1. The maximum atomic E-state index is 12.1. The largest absolute Gasteiger partial charge is 0.494 e. The summed E-state index contributed by atoms with van der Waals surface area (Å²) in [5.41, 5.74) is 3.77. The van der Waals surface area contributed by atoms with Crippen molar-refractivity contribution in [3.8, 4) is 17.2 Å². The molecule has 2 aromatic rings. The van der Waals surface area contributed by atoms with E-state index in [1.807, 2.05) is 13.0 Å². The molecule has 0 bridgehead atoms. The predicted octanol–water partition coefficient (Wildman–Crippen LogP) is 3.81. The van der Waals surface area contributed by atoms with E-state index in [0.717, 1.165) is 17.7 Å². The van der Waals surface area contributed by atoms with E-state index in [1.54, 1.807) is 49.6 Å². The summed E-state index contributed by atoms with van der Waals surface area (Å²) in [6.45, 7) is 6.69. The Kier molecular flexibility index (Phi) is 7.91. The Morgan fingerprint density at radius 2 is 1.93 bits per heavy atom. The predicted molar refractivity (Wildman–Crippen MR) is 106 cm³/mol. The standard InChI is InChI=1S/C21H24N2O4/c1-4-12-26-18-9-7-17(8-10-18)21(24)23-22-15-16-6-11-19(27-13-5-2)20(14-16)25-3/h5-11,14-15H,2,4,12-13H2,1,3H3,(H,23,24)/b22-15-. The van der Waals surface area contributed by atoms with Gasteiger partial charge in [0.25, 0.3) is 5.91 Å². The van der Waals surface area contributed by atoms with Crippen LogP contribution in [-0.2, 0) is 0 Å². The molecule has 0 unspecified atom stereocenters. The van der Waals surface area contributed by atoms with Gasteiger partial charge in [0, 0.05) is 5.56 Å². The van der Waals surface area contributed by atoms with Crippen LogP contribution in [0.2, 0.25) is 0 Å². The number of benzene rings is 2. The van der Waals surface area contributed by atoms with Crippen LogP contribution >= 0.6 is 0 Å². The lowest BCUT2D eigenvalue weighted by Crippen LogP contribution is -2.17. The molecular weight excluding hydrogens is 344 g/mol. The fraction of sp³-hybridized carbons (Fsp3) is 0.238. The molecule has 0 radical (unpaired) electrons. The topological polar surface area (TPSA) is 69.2 Å². The molecular formula is C21H24N2O4. The molecule has 142 valence electrons. The van der Waals surface area contributed by atoms with Gasteiger partial charge in [0.05, 0.1) is 19.9 Å². The Labute approximate surface area is 159 Å². The van der Waals surface area contributed by atoms with Gasteiger partial charge in [-0.1, -0.05) is 19.6 Å². The summed E-state index contributed by atoms with van der Waals surface area (Å²) in [6, 6.07) is 12.3. The molecule has 6 nitrogen and oxygen atoms in total. The van der Waals surface area contributed by atoms with Gasteiger partial charge >= 0.3 is 0 Å². The van der Waals surface area contributed by atoms with Crippen LogP contribution in [0.1, 0.15) is 29.3 Å². The first kappa shape index (κ1) is 20.0. The van der Waals surface area contributed by atoms with Gasteiger partial charge in [-0.05, 0) is 54.4 Å². The normalized spacial score (nSPS) is 10.4. The highest BCUT2D eigenvalue weighted by Crippen LogP contribution is 2.27. The molecule has 2 aromatic carbocycles. The highest BCUT2D eigenvalue weighted by molar-refractivity contribution is 5.95. The first-order chi connectivity index (χ1) is 13.2. The van der Waals surface area contributed by atoms with Gasteiger partial charge in [0.2, 0.25) is 0 Å². The van der Waals surface area contributed by atoms with E-state index < -0.39 is 0 Å². The molecule has 0 aliphatic heterocycles. The number of carbonyl (C=O) groups excluding carboxylic acids is 1. The average Bonchev–Trinajstić information content (AvgIpc) is 2.71. The van der Waals surface area contributed by atoms with E-state index in [9.17, 15) is 4.79 Å². The van der Waals surface area contributed by atoms with Crippen LogP contribution in [0.25, 0.3) is 0 Å². The van der Waals surface area contributed by atoms with Crippen molar-refractivity contribution in [2.24, 2.45) is 5.10 Å². The third-order valence-corrected chi connectivity index (χ3v) is 3.51. The van der Waals surface area contributed by atoms with E-state index in [2.05, 4.69) is 17.1 Å². The van der Waals surface area contributed by atoms with Crippen molar-refractivity contribution in [3.63, 3.8) is 0 Å². The van der Waals surface area contributed by atoms with Gasteiger partial charge in [0.1, 0.15) is 12.4 Å². The number of nitrogens with zero attached hydrogens (tertiary/aromatic N) is 1. The van der Waals surface area contributed by atoms with Gasteiger partial charge in [-0.2, -0.15) is 5.10 Å². The molecule has 2 rings (SSSR count). The average molecular weight is 368 g/mol. The number of amides is 1. The van der Waals surface area contributed by atoms with E-state index in [1.165, 1.54) is 6.21 Å².